The van der Waals surface area contributed by atoms with E-state index in [4.69, 9.17) is 16.3 Å². The minimum atomic E-state index is 0.467. The highest BCUT2D eigenvalue weighted by molar-refractivity contribution is 5.80. The molecule has 1 aromatic heterocycles. The lowest BCUT2D eigenvalue weighted by Crippen LogP contribution is -2.08. The molecule has 0 saturated carbocycles. The predicted octanol–water partition coefficient (Wildman–Crippen LogP) is 5.35. The first-order valence-electron chi connectivity index (χ1n) is 8.65. The van der Waals surface area contributed by atoms with Crippen molar-refractivity contribution in [2.24, 2.45) is 5.92 Å². The summed E-state index contributed by atoms with van der Waals surface area (Å²) in [5.74, 6) is 1.55. The molecule has 0 unspecified atom stereocenters. The third-order valence-corrected chi connectivity index (χ3v) is 4.21. The fraction of sp³-hybridized carbons (Fsp3) is 0.333. The van der Waals surface area contributed by atoms with E-state index >= 15 is 0 Å². The summed E-state index contributed by atoms with van der Waals surface area (Å²) >= 11 is 0. The Hall–Kier alpha value is -2.64. The highest BCUT2D eigenvalue weighted by atomic mass is 16.5. The number of fused-ring (bicyclic) bond motifs is 1. The van der Waals surface area contributed by atoms with Gasteiger partial charge in [0.15, 0.2) is 5.69 Å². The third-order valence-electron chi connectivity index (χ3n) is 4.21. The molecule has 3 aromatic rings. The van der Waals surface area contributed by atoms with Gasteiger partial charge in [-0.25, -0.2) is 9.83 Å². The van der Waals surface area contributed by atoms with E-state index in [2.05, 4.69) is 35.4 Å². The second-order valence-corrected chi connectivity index (χ2v) is 6.63. The Labute approximate surface area is 148 Å². The molecule has 0 spiro atoms. The Morgan fingerprint density at radius 2 is 1.92 bits per heavy atom. The van der Waals surface area contributed by atoms with Crippen LogP contribution in [0, 0.1) is 12.5 Å². The second kappa shape index (κ2) is 7.96. The Morgan fingerprint density at radius 3 is 2.64 bits per heavy atom. The molecule has 0 bridgehead atoms. The average molecular weight is 333 g/mol. The fourth-order valence-corrected chi connectivity index (χ4v) is 2.82. The number of ether oxygens (including phenoxy) is 1. The Kier molecular flexibility index (Phi) is 5.47. The van der Waals surface area contributed by atoms with Crippen LogP contribution in [0.2, 0.25) is 0 Å². The number of imidazole rings is 1. The van der Waals surface area contributed by atoms with Gasteiger partial charge in [0, 0.05) is 6.54 Å². The van der Waals surface area contributed by atoms with Crippen LogP contribution in [0.25, 0.3) is 15.9 Å². The molecule has 0 radical (unpaired) electrons. The van der Waals surface area contributed by atoms with Gasteiger partial charge in [0.1, 0.15) is 12.4 Å². The molecule has 25 heavy (non-hydrogen) atoms. The quantitative estimate of drug-likeness (QED) is 0.546. The van der Waals surface area contributed by atoms with Gasteiger partial charge in [0.25, 0.3) is 0 Å². The van der Waals surface area contributed by atoms with Gasteiger partial charge in [-0.3, -0.25) is 0 Å². The number of nitrogens with zero attached hydrogens (tertiary/aromatic N) is 3. The first kappa shape index (κ1) is 17.2. The van der Waals surface area contributed by atoms with Gasteiger partial charge in [-0.05, 0) is 30.0 Å². The van der Waals surface area contributed by atoms with Crippen LogP contribution in [0.4, 0.5) is 5.69 Å². The van der Waals surface area contributed by atoms with Crippen LogP contribution in [0.1, 0.15) is 31.7 Å². The molecule has 0 saturated heterocycles. The molecule has 0 fully saturated rings. The summed E-state index contributed by atoms with van der Waals surface area (Å²) in [5, 5.41) is 0. The highest BCUT2D eigenvalue weighted by Gasteiger charge is 2.12. The normalized spacial score (nSPS) is 11.1. The van der Waals surface area contributed by atoms with Crippen LogP contribution >= 0.6 is 0 Å². The lowest BCUT2D eigenvalue weighted by Gasteiger charge is -2.11. The molecule has 128 valence electrons. The van der Waals surface area contributed by atoms with Crippen molar-refractivity contribution in [3.8, 4) is 0 Å². The molecule has 4 nitrogen and oxygen atoms in total. The Morgan fingerprint density at radius 1 is 1.12 bits per heavy atom. The maximum atomic E-state index is 7.19. The maximum Gasteiger partial charge on any atom is 0.189 e. The largest absolute Gasteiger partial charge is 0.369 e. The smallest absolute Gasteiger partial charge is 0.189 e. The molecule has 0 aliphatic rings. The van der Waals surface area contributed by atoms with Gasteiger partial charge in [-0.15, -0.1) is 0 Å². The summed E-state index contributed by atoms with van der Waals surface area (Å²) in [6.07, 6.45) is 1.09. The lowest BCUT2D eigenvalue weighted by atomic mass is 10.1. The number of hydrogen-bond acceptors (Lipinski definition) is 2. The third kappa shape index (κ3) is 4.26. The zero-order chi connectivity index (χ0) is 17.6. The molecule has 1 heterocycles. The molecule has 0 aliphatic heterocycles. The lowest BCUT2D eigenvalue weighted by molar-refractivity contribution is 0.0994. The topological polar surface area (TPSA) is 31.4 Å². The van der Waals surface area contributed by atoms with Gasteiger partial charge in [-0.2, -0.15) is 0 Å². The van der Waals surface area contributed by atoms with E-state index in [1.54, 1.807) is 0 Å². The van der Waals surface area contributed by atoms with Crippen molar-refractivity contribution in [2.45, 2.75) is 40.0 Å². The molecule has 3 rings (SSSR count). The molecule has 0 N–H and O–H groups in total. The standard InChI is InChI=1S/C21H23N3O/c1-16(2)11-12-24-20-10-9-18(22-3)13-19(20)23-21(24)15-25-14-17-7-5-4-6-8-17/h4-10,13,16H,11-12,14-15H2,1-2H3. The van der Waals surface area contributed by atoms with E-state index < -0.39 is 0 Å². The van der Waals surface area contributed by atoms with Crippen LogP contribution in [-0.2, 0) is 24.5 Å². The SMILES string of the molecule is [C-]#[N+]c1ccc2c(c1)nc(COCc1ccccc1)n2CCC(C)C. The van der Waals surface area contributed by atoms with Crippen LogP contribution in [0.3, 0.4) is 0 Å². The number of hydrogen-bond donors (Lipinski definition) is 0. The Bertz CT molecular complexity index is 875. The number of rotatable bonds is 7. The summed E-state index contributed by atoms with van der Waals surface area (Å²) in [6, 6.07) is 15.9. The van der Waals surface area contributed by atoms with Gasteiger partial charge >= 0.3 is 0 Å². The van der Waals surface area contributed by atoms with Crippen molar-refractivity contribution in [1.82, 2.24) is 9.55 Å². The summed E-state index contributed by atoms with van der Waals surface area (Å²) in [6.45, 7) is 13.6. The van der Waals surface area contributed by atoms with Crippen molar-refractivity contribution in [1.29, 1.82) is 0 Å². The highest BCUT2D eigenvalue weighted by Crippen LogP contribution is 2.24. The zero-order valence-corrected chi connectivity index (χ0v) is 14.8. The van der Waals surface area contributed by atoms with Crippen molar-refractivity contribution >= 4 is 16.7 Å². The predicted molar refractivity (Wildman–Crippen MR) is 100 cm³/mol. The number of aryl methyl sites for hydroxylation is 1. The first-order valence-corrected chi connectivity index (χ1v) is 8.65. The van der Waals surface area contributed by atoms with Crippen LogP contribution in [0.15, 0.2) is 48.5 Å². The number of aromatic nitrogens is 2. The second-order valence-electron chi connectivity index (χ2n) is 6.63. The first-order chi connectivity index (χ1) is 12.2. The van der Waals surface area contributed by atoms with E-state index in [1.165, 1.54) is 0 Å². The monoisotopic (exact) mass is 333 g/mol. The molecule has 0 atom stereocenters. The van der Waals surface area contributed by atoms with E-state index in [0.29, 0.717) is 24.8 Å². The molecule has 0 aliphatic carbocycles. The van der Waals surface area contributed by atoms with Crippen molar-refractivity contribution in [3.05, 3.63) is 71.3 Å². The van der Waals surface area contributed by atoms with E-state index in [0.717, 1.165) is 35.4 Å². The van der Waals surface area contributed by atoms with Crippen LogP contribution in [-0.4, -0.2) is 9.55 Å². The van der Waals surface area contributed by atoms with Crippen molar-refractivity contribution in [3.63, 3.8) is 0 Å². The van der Waals surface area contributed by atoms with Crippen molar-refractivity contribution < 1.29 is 4.74 Å². The molecular formula is C21H23N3O. The van der Waals surface area contributed by atoms with Gasteiger partial charge in [0.2, 0.25) is 0 Å². The molecular weight excluding hydrogens is 310 g/mol. The van der Waals surface area contributed by atoms with E-state index in [1.807, 2.05) is 36.4 Å². The van der Waals surface area contributed by atoms with Crippen molar-refractivity contribution in [2.75, 3.05) is 0 Å². The Balaban J connectivity index is 1.81. The minimum Gasteiger partial charge on any atom is -0.369 e. The molecule has 2 aromatic carbocycles. The van der Waals surface area contributed by atoms with Gasteiger partial charge < -0.3 is 9.30 Å². The maximum absolute atomic E-state index is 7.19. The summed E-state index contributed by atoms with van der Waals surface area (Å²) in [4.78, 5) is 8.23. The summed E-state index contributed by atoms with van der Waals surface area (Å²) < 4.78 is 8.13. The van der Waals surface area contributed by atoms with Crippen LogP contribution in [0.5, 0.6) is 0 Å². The van der Waals surface area contributed by atoms with Gasteiger partial charge in [-0.1, -0.05) is 50.2 Å². The van der Waals surface area contributed by atoms with Gasteiger partial charge in [0.05, 0.1) is 24.2 Å². The molecule has 0 amide bonds. The number of benzene rings is 2. The van der Waals surface area contributed by atoms with E-state index in [9.17, 15) is 0 Å². The average Bonchev–Trinajstić information content (AvgIpc) is 2.97. The minimum absolute atomic E-state index is 0.467. The molecule has 4 heteroatoms. The van der Waals surface area contributed by atoms with E-state index in [-0.39, 0.29) is 0 Å². The summed E-state index contributed by atoms with van der Waals surface area (Å²) in [5.41, 5.74) is 3.72. The zero-order valence-electron chi connectivity index (χ0n) is 14.8. The fourth-order valence-electron chi connectivity index (χ4n) is 2.82. The van der Waals surface area contributed by atoms with Crippen LogP contribution < -0.4 is 0 Å². The summed E-state index contributed by atoms with van der Waals surface area (Å²) in [7, 11) is 0.